The molecule has 1 N–H and O–H groups in total. The highest BCUT2D eigenvalue weighted by molar-refractivity contribution is 7.27. The number of rotatable bonds is 15. The van der Waals surface area contributed by atoms with Crippen molar-refractivity contribution < 1.29 is 9.53 Å². The third-order valence-electron chi connectivity index (χ3n) is 8.36. The Morgan fingerprint density at radius 1 is 1.02 bits per heavy atom. The molecule has 5 aromatic rings. The van der Waals surface area contributed by atoms with Gasteiger partial charge in [-0.05, 0) is 79.5 Å². The number of pyridine rings is 1. The number of hydrogen-bond acceptors (Lipinski definition) is 6. The normalized spacial score (nSPS) is 10.9. The van der Waals surface area contributed by atoms with Gasteiger partial charge in [-0.15, -0.1) is 9.24 Å². The first-order valence-corrected chi connectivity index (χ1v) is 16.7. The molecule has 2 aromatic heterocycles. The van der Waals surface area contributed by atoms with E-state index >= 15 is 0 Å². The molecule has 0 radical (unpaired) electrons. The van der Waals surface area contributed by atoms with Gasteiger partial charge in [0.15, 0.2) is 5.78 Å². The third-order valence-corrected chi connectivity index (χ3v) is 8.90. The molecule has 0 aliphatic heterocycles. The fourth-order valence-corrected chi connectivity index (χ4v) is 6.00. The van der Waals surface area contributed by atoms with Gasteiger partial charge in [-0.3, -0.25) is 4.79 Å². The molecule has 0 spiro atoms. The average Bonchev–Trinajstić information content (AvgIpc) is 3.55. The number of allylic oxidation sites excluding steroid dienone is 1. The number of benzene rings is 3. The van der Waals surface area contributed by atoms with Gasteiger partial charge in [-0.1, -0.05) is 55.5 Å². The molecule has 0 saturated heterocycles. The van der Waals surface area contributed by atoms with Crippen molar-refractivity contribution in [2.75, 3.05) is 17.3 Å². The van der Waals surface area contributed by atoms with Crippen LogP contribution in [-0.4, -0.2) is 27.4 Å². The van der Waals surface area contributed by atoms with Gasteiger partial charge in [-0.25, -0.2) is 9.97 Å². The van der Waals surface area contributed by atoms with Crippen molar-refractivity contribution in [3.8, 4) is 11.6 Å². The molecule has 1 atom stereocenters. The SMILES string of the molecule is C=C(Cc1ccc(Oc2cccc(CCc3ccc(C)cc3P)n2)cc1)N(C)c1ccc(C(=O)CC)cc1NCc1cncn1CC. The summed E-state index contributed by atoms with van der Waals surface area (Å²) in [4.78, 5) is 23.6. The minimum Gasteiger partial charge on any atom is -0.439 e. The molecule has 0 aliphatic rings. The summed E-state index contributed by atoms with van der Waals surface area (Å²) in [6.07, 6.45) is 6.57. The van der Waals surface area contributed by atoms with Crippen LogP contribution < -0.4 is 20.3 Å². The van der Waals surface area contributed by atoms with Gasteiger partial charge in [0.25, 0.3) is 0 Å². The summed E-state index contributed by atoms with van der Waals surface area (Å²) in [5, 5.41) is 4.78. The number of anilines is 2. The van der Waals surface area contributed by atoms with E-state index in [0.29, 0.717) is 30.8 Å². The monoisotopic (exact) mass is 645 g/mol. The molecule has 0 saturated carbocycles. The lowest BCUT2D eigenvalue weighted by Gasteiger charge is -2.26. The lowest BCUT2D eigenvalue weighted by atomic mass is 10.1. The van der Waals surface area contributed by atoms with Gasteiger partial charge in [0.1, 0.15) is 5.75 Å². The van der Waals surface area contributed by atoms with Crippen LogP contribution in [0.3, 0.4) is 0 Å². The number of nitrogens with zero attached hydrogens (tertiary/aromatic N) is 4. The summed E-state index contributed by atoms with van der Waals surface area (Å²) in [6, 6.07) is 26.4. The zero-order valence-electron chi connectivity index (χ0n) is 27.8. The van der Waals surface area contributed by atoms with Gasteiger partial charge >= 0.3 is 0 Å². The third kappa shape index (κ3) is 8.75. The highest BCUT2D eigenvalue weighted by atomic mass is 31.0. The summed E-state index contributed by atoms with van der Waals surface area (Å²) in [5.41, 5.74) is 9.21. The van der Waals surface area contributed by atoms with E-state index < -0.39 is 0 Å². The number of carbonyl (C=O) groups excluding carboxylic acids is 1. The average molecular weight is 646 g/mol. The Hall–Kier alpha value is -4.74. The van der Waals surface area contributed by atoms with Crippen LogP contribution in [0, 0.1) is 6.92 Å². The number of nitrogens with one attached hydrogen (secondary N) is 1. The molecule has 47 heavy (non-hydrogen) atoms. The number of ketones is 1. The molecule has 0 bridgehead atoms. The number of hydrogen-bond donors (Lipinski definition) is 1. The number of ether oxygens (including phenoxy) is 1. The molecule has 2 heterocycles. The van der Waals surface area contributed by atoms with Crippen LogP contribution in [0.1, 0.15) is 58.7 Å². The molecular weight excluding hydrogens is 601 g/mol. The van der Waals surface area contributed by atoms with Gasteiger partial charge in [0.2, 0.25) is 5.88 Å². The largest absolute Gasteiger partial charge is 0.439 e. The number of aromatic nitrogens is 3. The Labute approximate surface area is 280 Å². The Balaban J connectivity index is 1.22. The van der Waals surface area contributed by atoms with Crippen molar-refractivity contribution in [2.24, 2.45) is 0 Å². The molecule has 0 amide bonds. The number of likely N-dealkylation sites (N-methyl/N-ethyl adjacent to an activating group) is 1. The van der Waals surface area contributed by atoms with Crippen LogP contribution >= 0.6 is 9.24 Å². The van der Waals surface area contributed by atoms with Crippen LogP contribution in [0.25, 0.3) is 0 Å². The second kappa shape index (κ2) is 15.7. The van der Waals surface area contributed by atoms with E-state index in [1.807, 2.05) is 75.0 Å². The summed E-state index contributed by atoms with van der Waals surface area (Å²) < 4.78 is 8.23. The van der Waals surface area contributed by atoms with E-state index in [2.05, 4.69) is 79.8 Å². The number of carbonyl (C=O) groups is 1. The fourth-order valence-electron chi connectivity index (χ4n) is 5.49. The molecule has 0 fully saturated rings. The number of imidazole rings is 1. The summed E-state index contributed by atoms with van der Waals surface area (Å²) in [6.45, 7) is 11.9. The zero-order chi connectivity index (χ0) is 33.3. The van der Waals surface area contributed by atoms with Crippen molar-refractivity contribution >= 4 is 31.7 Å². The number of Topliss-reactive ketones (excluding diaryl/α,β-unsaturated/α-hetero) is 1. The first-order chi connectivity index (χ1) is 22.7. The fraction of sp³-hybridized carbons (Fsp3) is 0.256. The molecule has 0 aliphatic carbocycles. The second-order valence-corrected chi connectivity index (χ2v) is 12.4. The number of aryl methyl sites for hydroxylation is 4. The highest BCUT2D eigenvalue weighted by Crippen LogP contribution is 2.31. The smallest absolute Gasteiger partial charge is 0.219 e. The van der Waals surface area contributed by atoms with E-state index in [4.69, 9.17) is 9.72 Å². The maximum absolute atomic E-state index is 12.5. The Morgan fingerprint density at radius 2 is 1.83 bits per heavy atom. The van der Waals surface area contributed by atoms with Crippen molar-refractivity contribution in [1.82, 2.24) is 14.5 Å². The summed E-state index contributed by atoms with van der Waals surface area (Å²) in [5.74, 6) is 1.43. The van der Waals surface area contributed by atoms with Gasteiger partial charge in [-0.2, -0.15) is 0 Å². The predicted molar refractivity (Wildman–Crippen MR) is 196 cm³/mol. The van der Waals surface area contributed by atoms with Gasteiger partial charge < -0.3 is 19.5 Å². The van der Waals surface area contributed by atoms with Crippen molar-refractivity contribution in [3.05, 3.63) is 137 Å². The van der Waals surface area contributed by atoms with E-state index in [1.54, 1.807) is 0 Å². The van der Waals surface area contributed by atoms with E-state index in [0.717, 1.165) is 59.2 Å². The molecule has 5 rings (SSSR count). The van der Waals surface area contributed by atoms with Crippen LogP contribution in [-0.2, 0) is 32.4 Å². The minimum absolute atomic E-state index is 0.112. The standard InChI is InChI=1S/C39H44N5O2P/c1-6-37(45)31-16-20-36(35(23-31)41-25-33-24-40-26-44(33)7-2)43(5)28(4)22-29-12-18-34(19-13-29)46-39-10-8-9-32(42-39)17-15-30-14-11-27(3)21-38(30)47/h8-14,16,18-21,23-24,26,41H,4,6-7,15,17,22,25,47H2,1-3,5H3. The molecule has 3 aromatic carbocycles. The van der Waals surface area contributed by atoms with Crippen molar-refractivity contribution in [3.63, 3.8) is 0 Å². The van der Waals surface area contributed by atoms with Crippen molar-refractivity contribution in [1.29, 1.82) is 0 Å². The van der Waals surface area contributed by atoms with Crippen LogP contribution in [0.5, 0.6) is 11.6 Å². The Bertz CT molecular complexity index is 1850. The lowest BCUT2D eigenvalue weighted by molar-refractivity contribution is 0.0988. The molecule has 8 heteroatoms. The molecule has 7 nitrogen and oxygen atoms in total. The lowest BCUT2D eigenvalue weighted by Crippen LogP contribution is -2.19. The van der Waals surface area contributed by atoms with E-state index in [9.17, 15) is 4.79 Å². The maximum atomic E-state index is 12.5. The topological polar surface area (TPSA) is 72.3 Å². The second-order valence-electron chi connectivity index (χ2n) is 11.8. The van der Waals surface area contributed by atoms with E-state index in [-0.39, 0.29) is 5.78 Å². The van der Waals surface area contributed by atoms with Gasteiger partial charge in [0.05, 0.1) is 29.9 Å². The zero-order valence-corrected chi connectivity index (χ0v) is 28.9. The first kappa shape index (κ1) is 33.6. The summed E-state index contributed by atoms with van der Waals surface area (Å²) in [7, 11) is 4.85. The van der Waals surface area contributed by atoms with Crippen LogP contribution in [0.15, 0.2) is 104 Å². The summed E-state index contributed by atoms with van der Waals surface area (Å²) >= 11 is 0. The Morgan fingerprint density at radius 3 is 2.57 bits per heavy atom. The molecular formula is C39H44N5O2P. The minimum atomic E-state index is 0.112. The predicted octanol–water partition coefficient (Wildman–Crippen LogP) is 8.08. The Kier molecular flexibility index (Phi) is 11.2. The van der Waals surface area contributed by atoms with Crippen molar-refractivity contribution in [2.45, 2.75) is 59.5 Å². The van der Waals surface area contributed by atoms with Crippen LogP contribution in [0.4, 0.5) is 11.4 Å². The maximum Gasteiger partial charge on any atom is 0.219 e. The quantitative estimate of drug-likeness (QED) is 0.0917. The highest BCUT2D eigenvalue weighted by Gasteiger charge is 2.15. The van der Waals surface area contributed by atoms with E-state index in [1.165, 1.54) is 16.4 Å². The van der Waals surface area contributed by atoms with Gasteiger partial charge in [0, 0.05) is 55.7 Å². The molecule has 1 unspecified atom stereocenters. The molecule has 242 valence electrons. The first-order valence-electron chi connectivity index (χ1n) is 16.1. The van der Waals surface area contributed by atoms with Crippen LogP contribution in [0.2, 0.25) is 0 Å².